The standard InChI is InChI=1S/C15H13BrN2/c1-12-7-5-6-10-14(12)18(11-17)15(16)13-8-3-2-4-9-13/h2-10,15H,1H3. The van der Waals surface area contributed by atoms with Crippen LogP contribution in [0.25, 0.3) is 0 Å². The fourth-order valence-electron chi connectivity index (χ4n) is 1.82. The van der Waals surface area contributed by atoms with Gasteiger partial charge in [-0.2, -0.15) is 5.26 Å². The number of aryl methyl sites for hydroxylation is 1. The third-order valence-corrected chi connectivity index (χ3v) is 3.72. The van der Waals surface area contributed by atoms with Crippen molar-refractivity contribution in [1.29, 1.82) is 5.26 Å². The average molecular weight is 301 g/mol. The lowest BCUT2D eigenvalue weighted by molar-refractivity contribution is 0.960. The van der Waals surface area contributed by atoms with Crippen LogP contribution in [-0.2, 0) is 0 Å². The van der Waals surface area contributed by atoms with E-state index in [4.69, 9.17) is 0 Å². The van der Waals surface area contributed by atoms with Gasteiger partial charge in [0.25, 0.3) is 0 Å². The van der Waals surface area contributed by atoms with Gasteiger partial charge < -0.3 is 0 Å². The van der Waals surface area contributed by atoms with Gasteiger partial charge in [0.05, 0.1) is 5.69 Å². The third-order valence-electron chi connectivity index (χ3n) is 2.78. The summed E-state index contributed by atoms with van der Waals surface area (Å²) >= 11 is 3.59. The van der Waals surface area contributed by atoms with E-state index in [0.29, 0.717) is 0 Å². The molecule has 0 aliphatic carbocycles. The maximum Gasteiger partial charge on any atom is 0.185 e. The first-order valence-electron chi connectivity index (χ1n) is 5.67. The Hall–Kier alpha value is -1.79. The van der Waals surface area contributed by atoms with Crippen LogP contribution in [0.4, 0.5) is 5.69 Å². The van der Waals surface area contributed by atoms with Crippen LogP contribution in [0.1, 0.15) is 16.1 Å². The molecule has 0 N–H and O–H groups in total. The summed E-state index contributed by atoms with van der Waals surface area (Å²) in [6.45, 7) is 2.00. The Morgan fingerprint density at radius 3 is 2.28 bits per heavy atom. The Kier molecular flexibility index (Phi) is 4.01. The quantitative estimate of drug-likeness (QED) is 0.364. The zero-order chi connectivity index (χ0) is 13.0. The average Bonchev–Trinajstić information content (AvgIpc) is 2.42. The highest BCUT2D eigenvalue weighted by atomic mass is 79.9. The molecular weight excluding hydrogens is 288 g/mol. The van der Waals surface area contributed by atoms with E-state index in [9.17, 15) is 5.26 Å². The van der Waals surface area contributed by atoms with Crippen molar-refractivity contribution in [2.45, 2.75) is 11.9 Å². The lowest BCUT2D eigenvalue weighted by Crippen LogP contribution is -2.19. The van der Waals surface area contributed by atoms with Crippen molar-refractivity contribution in [1.82, 2.24) is 0 Å². The SMILES string of the molecule is Cc1ccccc1N(C#N)C(Br)c1ccccc1. The number of anilines is 1. The van der Waals surface area contributed by atoms with Crippen LogP contribution in [0.5, 0.6) is 0 Å². The predicted octanol–water partition coefficient (Wildman–Crippen LogP) is 4.38. The lowest BCUT2D eigenvalue weighted by atomic mass is 10.1. The third kappa shape index (κ3) is 2.55. The molecule has 0 aliphatic rings. The highest BCUT2D eigenvalue weighted by Gasteiger charge is 2.18. The number of halogens is 1. The minimum Gasteiger partial charge on any atom is -0.261 e. The van der Waals surface area contributed by atoms with E-state index in [0.717, 1.165) is 16.8 Å². The molecule has 0 saturated carbocycles. The number of benzene rings is 2. The van der Waals surface area contributed by atoms with E-state index >= 15 is 0 Å². The Morgan fingerprint density at radius 1 is 1.06 bits per heavy atom. The van der Waals surface area contributed by atoms with Crippen molar-refractivity contribution in [2.75, 3.05) is 4.90 Å². The highest BCUT2D eigenvalue weighted by Crippen LogP contribution is 2.32. The Balaban J connectivity index is 2.36. The monoisotopic (exact) mass is 300 g/mol. The first-order valence-corrected chi connectivity index (χ1v) is 6.59. The van der Waals surface area contributed by atoms with Crippen LogP contribution in [0.15, 0.2) is 54.6 Å². The van der Waals surface area contributed by atoms with Gasteiger partial charge in [-0.25, -0.2) is 0 Å². The summed E-state index contributed by atoms with van der Waals surface area (Å²) in [6.07, 6.45) is 2.24. The first kappa shape index (κ1) is 12.7. The molecule has 0 aliphatic heterocycles. The van der Waals surface area contributed by atoms with E-state index in [2.05, 4.69) is 22.1 Å². The highest BCUT2D eigenvalue weighted by molar-refractivity contribution is 9.09. The zero-order valence-corrected chi connectivity index (χ0v) is 11.6. The fraction of sp³-hybridized carbons (Fsp3) is 0.133. The molecule has 1 unspecified atom stereocenters. The fourth-order valence-corrected chi connectivity index (χ4v) is 2.44. The lowest BCUT2D eigenvalue weighted by Gasteiger charge is -2.23. The van der Waals surface area contributed by atoms with Gasteiger partial charge in [-0.15, -0.1) is 0 Å². The molecule has 2 aromatic rings. The second-order valence-electron chi connectivity index (χ2n) is 4.00. The summed E-state index contributed by atoms with van der Waals surface area (Å²) in [5.74, 6) is 0. The largest absolute Gasteiger partial charge is 0.261 e. The van der Waals surface area contributed by atoms with Crippen molar-refractivity contribution in [3.63, 3.8) is 0 Å². The Morgan fingerprint density at radius 2 is 1.67 bits per heavy atom. The van der Waals surface area contributed by atoms with Crippen LogP contribution >= 0.6 is 15.9 Å². The number of hydrogen-bond acceptors (Lipinski definition) is 2. The molecule has 0 amide bonds. The van der Waals surface area contributed by atoms with Crippen LogP contribution in [-0.4, -0.2) is 0 Å². The number of nitrogens with zero attached hydrogens (tertiary/aromatic N) is 2. The molecule has 0 saturated heterocycles. The van der Waals surface area contributed by atoms with Gasteiger partial charge in [-0.3, -0.25) is 4.90 Å². The summed E-state index contributed by atoms with van der Waals surface area (Å²) in [6, 6.07) is 17.8. The number of hydrogen-bond donors (Lipinski definition) is 0. The second kappa shape index (κ2) is 5.70. The molecule has 1 atom stereocenters. The van der Waals surface area contributed by atoms with Crippen molar-refractivity contribution < 1.29 is 0 Å². The minimum absolute atomic E-state index is 0.148. The summed E-state index contributed by atoms with van der Waals surface area (Å²) in [5.41, 5.74) is 3.06. The van der Waals surface area contributed by atoms with E-state index in [-0.39, 0.29) is 4.95 Å². The molecule has 2 nitrogen and oxygen atoms in total. The molecular formula is C15H13BrN2. The van der Waals surface area contributed by atoms with Gasteiger partial charge in [-0.05, 0) is 24.1 Å². The van der Waals surface area contributed by atoms with Gasteiger partial charge in [0.1, 0.15) is 4.95 Å². The van der Waals surface area contributed by atoms with Crippen molar-refractivity contribution in [3.05, 3.63) is 65.7 Å². The van der Waals surface area contributed by atoms with E-state index in [1.54, 1.807) is 4.90 Å². The van der Waals surface area contributed by atoms with Crippen LogP contribution in [0.2, 0.25) is 0 Å². The number of para-hydroxylation sites is 1. The molecule has 18 heavy (non-hydrogen) atoms. The summed E-state index contributed by atoms with van der Waals surface area (Å²) in [4.78, 5) is 1.52. The first-order chi connectivity index (χ1) is 8.74. The number of nitriles is 1. The van der Waals surface area contributed by atoms with E-state index in [1.807, 2.05) is 61.5 Å². The van der Waals surface area contributed by atoms with E-state index in [1.165, 1.54) is 0 Å². The molecule has 0 bridgehead atoms. The Bertz CT molecular complexity index is 560. The topological polar surface area (TPSA) is 27.0 Å². The smallest absolute Gasteiger partial charge is 0.185 e. The van der Waals surface area contributed by atoms with Gasteiger partial charge in [0, 0.05) is 0 Å². The van der Waals surface area contributed by atoms with Crippen LogP contribution in [0, 0.1) is 18.4 Å². The normalized spacial score (nSPS) is 11.6. The minimum atomic E-state index is -0.148. The molecule has 3 heteroatoms. The van der Waals surface area contributed by atoms with E-state index < -0.39 is 0 Å². The molecule has 0 aromatic heterocycles. The molecule has 0 fully saturated rings. The van der Waals surface area contributed by atoms with Gasteiger partial charge in [0.2, 0.25) is 0 Å². The molecule has 0 radical (unpaired) electrons. The van der Waals surface area contributed by atoms with Gasteiger partial charge >= 0.3 is 0 Å². The molecule has 90 valence electrons. The van der Waals surface area contributed by atoms with Crippen LogP contribution in [0.3, 0.4) is 0 Å². The number of alkyl halides is 1. The second-order valence-corrected chi connectivity index (χ2v) is 4.87. The van der Waals surface area contributed by atoms with Gasteiger partial charge in [-0.1, -0.05) is 64.5 Å². The van der Waals surface area contributed by atoms with Crippen molar-refractivity contribution >= 4 is 21.6 Å². The molecule has 0 spiro atoms. The van der Waals surface area contributed by atoms with Crippen molar-refractivity contribution in [3.8, 4) is 6.19 Å². The number of rotatable bonds is 3. The molecule has 0 heterocycles. The summed E-state index contributed by atoms with van der Waals surface area (Å²) in [7, 11) is 0. The van der Waals surface area contributed by atoms with Gasteiger partial charge in [0.15, 0.2) is 6.19 Å². The summed E-state index contributed by atoms with van der Waals surface area (Å²) < 4.78 is 0. The zero-order valence-electron chi connectivity index (χ0n) is 10.0. The molecule has 2 rings (SSSR count). The predicted molar refractivity (Wildman–Crippen MR) is 77.4 cm³/mol. The van der Waals surface area contributed by atoms with Crippen molar-refractivity contribution in [2.24, 2.45) is 0 Å². The Labute approximate surface area is 116 Å². The summed E-state index contributed by atoms with van der Waals surface area (Å²) in [5, 5.41) is 9.38. The maximum atomic E-state index is 9.38. The van der Waals surface area contributed by atoms with Crippen LogP contribution < -0.4 is 4.90 Å². The maximum absolute atomic E-state index is 9.38. The molecule has 2 aromatic carbocycles.